The van der Waals surface area contributed by atoms with E-state index >= 15 is 0 Å². The second-order valence-corrected chi connectivity index (χ2v) is 6.23. The SMILES string of the molecule is CC1CN(CCC(O)c2ccc(F)cn2)CCS1. The van der Waals surface area contributed by atoms with E-state index in [4.69, 9.17) is 0 Å². The van der Waals surface area contributed by atoms with Crippen molar-refractivity contribution >= 4 is 11.8 Å². The Bertz CT molecular complexity index is 374. The minimum absolute atomic E-state index is 0.368. The summed E-state index contributed by atoms with van der Waals surface area (Å²) in [7, 11) is 0. The summed E-state index contributed by atoms with van der Waals surface area (Å²) in [5.41, 5.74) is 0.552. The zero-order chi connectivity index (χ0) is 13.0. The van der Waals surface area contributed by atoms with E-state index < -0.39 is 6.10 Å². The van der Waals surface area contributed by atoms with Crippen LogP contribution in [-0.2, 0) is 0 Å². The van der Waals surface area contributed by atoms with Crippen LogP contribution in [0.3, 0.4) is 0 Å². The third kappa shape index (κ3) is 3.93. The third-order valence-corrected chi connectivity index (χ3v) is 4.27. The number of hydrogen-bond donors (Lipinski definition) is 1. The van der Waals surface area contributed by atoms with Gasteiger partial charge in [-0.1, -0.05) is 6.92 Å². The number of aliphatic hydroxyl groups excluding tert-OH is 1. The van der Waals surface area contributed by atoms with E-state index in [1.807, 2.05) is 11.8 Å². The van der Waals surface area contributed by atoms with Gasteiger partial charge in [0.05, 0.1) is 18.0 Å². The molecule has 18 heavy (non-hydrogen) atoms. The molecule has 0 radical (unpaired) electrons. The van der Waals surface area contributed by atoms with Gasteiger partial charge in [-0.05, 0) is 18.6 Å². The lowest BCUT2D eigenvalue weighted by Crippen LogP contribution is -2.37. The number of rotatable bonds is 4. The summed E-state index contributed by atoms with van der Waals surface area (Å²) in [6.45, 7) is 5.26. The average Bonchev–Trinajstić information content (AvgIpc) is 2.37. The maximum absolute atomic E-state index is 12.7. The van der Waals surface area contributed by atoms with Crippen LogP contribution in [0.4, 0.5) is 4.39 Å². The van der Waals surface area contributed by atoms with Crippen molar-refractivity contribution in [3.8, 4) is 0 Å². The van der Waals surface area contributed by atoms with Crippen LogP contribution in [0, 0.1) is 5.82 Å². The van der Waals surface area contributed by atoms with Crippen LogP contribution in [-0.4, -0.2) is 45.6 Å². The summed E-state index contributed by atoms with van der Waals surface area (Å²) in [5.74, 6) is 0.791. The van der Waals surface area contributed by atoms with E-state index in [0.29, 0.717) is 17.4 Å². The molecule has 1 aliphatic rings. The zero-order valence-corrected chi connectivity index (χ0v) is 11.4. The van der Waals surface area contributed by atoms with E-state index in [1.54, 1.807) is 6.07 Å². The van der Waals surface area contributed by atoms with E-state index in [1.165, 1.54) is 6.07 Å². The lowest BCUT2D eigenvalue weighted by molar-refractivity contribution is 0.139. The van der Waals surface area contributed by atoms with Gasteiger partial charge in [-0.2, -0.15) is 11.8 Å². The highest BCUT2D eigenvalue weighted by Gasteiger charge is 2.18. The number of aliphatic hydroxyl groups is 1. The van der Waals surface area contributed by atoms with E-state index in [0.717, 1.165) is 31.6 Å². The molecule has 1 aromatic heterocycles. The van der Waals surface area contributed by atoms with Crippen molar-refractivity contribution in [1.82, 2.24) is 9.88 Å². The molecule has 0 amide bonds. The Morgan fingerprint density at radius 3 is 3.11 bits per heavy atom. The second kappa shape index (κ2) is 6.50. The molecule has 1 aliphatic heterocycles. The van der Waals surface area contributed by atoms with Gasteiger partial charge in [0.2, 0.25) is 0 Å². The van der Waals surface area contributed by atoms with Gasteiger partial charge in [-0.3, -0.25) is 4.98 Å². The first-order valence-corrected chi connectivity index (χ1v) is 7.33. The van der Waals surface area contributed by atoms with E-state index in [2.05, 4.69) is 16.8 Å². The maximum atomic E-state index is 12.7. The van der Waals surface area contributed by atoms with Crippen LogP contribution in [0.25, 0.3) is 0 Å². The van der Waals surface area contributed by atoms with Gasteiger partial charge in [0.1, 0.15) is 5.82 Å². The van der Waals surface area contributed by atoms with Crippen molar-refractivity contribution in [3.63, 3.8) is 0 Å². The molecule has 2 atom stereocenters. The fraction of sp³-hybridized carbons (Fsp3) is 0.615. The van der Waals surface area contributed by atoms with Crippen LogP contribution in [0.2, 0.25) is 0 Å². The Kier molecular flexibility index (Phi) is 4.97. The molecule has 0 spiro atoms. The summed E-state index contributed by atoms with van der Waals surface area (Å²) >= 11 is 2.00. The predicted molar refractivity (Wildman–Crippen MR) is 72.1 cm³/mol. The first-order chi connectivity index (χ1) is 8.65. The summed E-state index contributed by atoms with van der Waals surface area (Å²) in [4.78, 5) is 6.28. The maximum Gasteiger partial charge on any atom is 0.141 e. The molecule has 0 aromatic carbocycles. The monoisotopic (exact) mass is 270 g/mol. The van der Waals surface area contributed by atoms with Gasteiger partial charge < -0.3 is 10.0 Å². The summed E-state index contributed by atoms with van der Waals surface area (Å²) < 4.78 is 12.7. The van der Waals surface area contributed by atoms with Crippen LogP contribution < -0.4 is 0 Å². The third-order valence-electron chi connectivity index (χ3n) is 3.14. The first kappa shape index (κ1) is 13.8. The lowest BCUT2D eigenvalue weighted by Gasteiger charge is -2.30. The van der Waals surface area contributed by atoms with Crippen LogP contribution >= 0.6 is 11.8 Å². The number of halogens is 1. The number of hydrogen-bond acceptors (Lipinski definition) is 4. The first-order valence-electron chi connectivity index (χ1n) is 6.28. The van der Waals surface area contributed by atoms with Gasteiger partial charge in [0.25, 0.3) is 0 Å². The smallest absolute Gasteiger partial charge is 0.141 e. The van der Waals surface area contributed by atoms with Crippen molar-refractivity contribution in [2.45, 2.75) is 24.7 Å². The Labute approximate surface area is 111 Å². The van der Waals surface area contributed by atoms with E-state index in [-0.39, 0.29) is 5.82 Å². The number of pyridine rings is 1. The minimum Gasteiger partial charge on any atom is -0.387 e. The number of nitrogens with zero attached hydrogens (tertiary/aromatic N) is 2. The molecule has 100 valence electrons. The van der Waals surface area contributed by atoms with Crippen molar-refractivity contribution in [1.29, 1.82) is 0 Å². The van der Waals surface area contributed by atoms with Gasteiger partial charge in [0.15, 0.2) is 0 Å². The van der Waals surface area contributed by atoms with Crippen LogP contribution in [0.5, 0.6) is 0 Å². The van der Waals surface area contributed by atoms with Crippen molar-refractivity contribution in [3.05, 3.63) is 29.8 Å². The van der Waals surface area contributed by atoms with Gasteiger partial charge in [0, 0.05) is 30.6 Å². The van der Waals surface area contributed by atoms with Crippen molar-refractivity contribution in [2.24, 2.45) is 0 Å². The average molecular weight is 270 g/mol. The standard InChI is InChI=1S/C13H19FN2OS/c1-10-9-16(6-7-18-10)5-4-13(17)12-3-2-11(14)8-15-12/h2-3,8,10,13,17H,4-7,9H2,1H3. The summed E-state index contributed by atoms with van der Waals surface area (Å²) in [5, 5.41) is 10.7. The highest BCUT2D eigenvalue weighted by atomic mass is 32.2. The Morgan fingerprint density at radius 1 is 1.61 bits per heavy atom. The molecule has 1 saturated heterocycles. The molecule has 2 rings (SSSR count). The molecule has 3 nitrogen and oxygen atoms in total. The topological polar surface area (TPSA) is 36.4 Å². The van der Waals surface area contributed by atoms with Crippen LogP contribution in [0.15, 0.2) is 18.3 Å². The molecular weight excluding hydrogens is 251 g/mol. The predicted octanol–water partition coefficient (Wildman–Crippen LogP) is 2.08. The van der Waals surface area contributed by atoms with Crippen molar-refractivity contribution < 1.29 is 9.50 Å². The highest BCUT2D eigenvalue weighted by molar-refractivity contribution is 7.99. The number of thioether (sulfide) groups is 1. The largest absolute Gasteiger partial charge is 0.387 e. The van der Waals surface area contributed by atoms with Gasteiger partial charge in [-0.15, -0.1) is 0 Å². The lowest BCUT2D eigenvalue weighted by atomic mass is 10.1. The molecule has 5 heteroatoms. The molecule has 0 aliphatic carbocycles. The molecule has 1 aromatic rings. The molecule has 1 N–H and O–H groups in total. The molecular formula is C13H19FN2OS. The second-order valence-electron chi connectivity index (χ2n) is 4.69. The molecule has 1 fully saturated rings. The Hall–Kier alpha value is -0.650. The molecule has 2 unspecified atom stereocenters. The fourth-order valence-electron chi connectivity index (χ4n) is 2.13. The van der Waals surface area contributed by atoms with Gasteiger partial charge >= 0.3 is 0 Å². The summed E-state index contributed by atoms with van der Waals surface area (Å²) in [6.07, 6.45) is 1.20. The molecule has 0 bridgehead atoms. The molecule has 2 heterocycles. The normalized spacial score (nSPS) is 22.9. The fourth-order valence-corrected chi connectivity index (χ4v) is 3.21. The van der Waals surface area contributed by atoms with Crippen LogP contribution in [0.1, 0.15) is 25.1 Å². The Balaban J connectivity index is 1.80. The van der Waals surface area contributed by atoms with Crippen molar-refractivity contribution in [2.75, 3.05) is 25.4 Å². The zero-order valence-electron chi connectivity index (χ0n) is 10.6. The summed E-state index contributed by atoms with van der Waals surface area (Å²) in [6, 6.07) is 2.89. The molecule has 0 saturated carbocycles. The minimum atomic E-state index is -0.601. The number of aromatic nitrogens is 1. The quantitative estimate of drug-likeness (QED) is 0.909. The highest BCUT2D eigenvalue weighted by Crippen LogP contribution is 2.20. The Morgan fingerprint density at radius 2 is 2.44 bits per heavy atom. The van der Waals surface area contributed by atoms with Gasteiger partial charge in [-0.25, -0.2) is 4.39 Å². The van der Waals surface area contributed by atoms with E-state index in [9.17, 15) is 9.50 Å².